The second kappa shape index (κ2) is 13.3. The van der Waals surface area contributed by atoms with Crippen molar-refractivity contribution in [2.24, 2.45) is 11.8 Å². The molecule has 1 aliphatic heterocycles. The number of anilines is 1. The van der Waals surface area contributed by atoms with Crippen LogP contribution in [0.2, 0.25) is 0 Å². The number of aromatic nitrogens is 1. The Morgan fingerprint density at radius 2 is 1.78 bits per heavy atom. The highest BCUT2D eigenvalue weighted by molar-refractivity contribution is 7.90. The van der Waals surface area contributed by atoms with Crippen molar-refractivity contribution in [1.29, 1.82) is 0 Å². The first-order valence-electron chi connectivity index (χ1n) is 10.5. The van der Waals surface area contributed by atoms with Gasteiger partial charge in [-0.3, -0.25) is 9.71 Å². The largest absolute Gasteiger partial charge is 0.387 e. The fraction of sp³-hybridized carbons (Fsp3) is 0.500. The standard InChI is InChI=1S/C22H32N4O3S.2ClH/c1-17-12-18(2)16-26(15-17)30(28,29)25-21-7-5-19(6-8-21)9-11-24-14-22(27)20-4-3-10-23-13-20;;/h3-8,10,13,17-18,22,24-25,27H,9,11-12,14-16H2,1-2H3;2*1H/t17-,18+,22-;;/m0../s1. The molecule has 3 N–H and O–H groups in total. The number of aliphatic hydroxyl groups excluding tert-OH is 1. The average molecular weight is 506 g/mol. The molecule has 1 aromatic carbocycles. The smallest absolute Gasteiger partial charge is 0.301 e. The molecular weight excluding hydrogens is 471 g/mol. The summed E-state index contributed by atoms with van der Waals surface area (Å²) in [6.07, 6.45) is 4.61. The summed E-state index contributed by atoms with van der Waals surface area (Å²) in [5.74, 6) is 0.744. The molecule has 0 amide bonds. The number of piperidine rings is 1. The lowest BCUT2D eigenvalue weighted by atomic mass is 9.94. The Morgan fingerprint density at radius 1 is 1.12 bits per heavy atom. The van der Waals surface area contributed by atoms with E-state index in [1.165, 1.54) is 0 Å². The zero-order chi connectivity index (χ0) is 21.6. The third-order valence-electron chi connectivity index (χ3n) is 5.37. The van der Waals surface area contributed by atoms with Gasteiger partial charge in [-0.1, -0.05) is 32.0 Å². The molecule has 3 rings (SSSR count). The van der Waals surface area contributed by atoms with Crippen molar-refractivity contribution < 1.29 is 13.5 Å². The molecule has 2 aromatic rings. The van der Waals surface area contributed by atoms with E-state index in [1.807, 2.05) is 18.2 Å². The van der Waals surface area contributed by atoms with Gasteiger partial charge in [0.15, 0.2) is 0 Å². The first-order valence-corrected chi connectivity index (χ1v) is 11.9. The van der Waals surface area contributed by atoms with Gasteiger partial charge >= 0.3 is 10.2 Å². The summed E-state index contributed by atoms with van der Waals surface area (Å²) in [5, 5.41) is 13.4. The van der Waals surface area contributed by atoms with Crippen LogP contribution >= 0.6 is 24.8 Å². The molecule has 3 atom stereocenters. The van der Waals surface area contributed by atoms with E-state index in [4.69, 9.17) is 0 Å². The minimum Gasteiger partial charge on any atom is -0.387 e. The number of halogens is 2. The van der Waals surface area contributed by atoms with Crippen LogP contribution in [0.15, 0.2) is 48.8 Å². The lowest BCUT2D eigenvalue weighted by molar-refractivity contribution is 0.174. The molecule has 0 saturated carbocycles. The zero-order valence-corrected chi connectivity index (χ0v) is 20.9. The highest BCUT2D eigenvalue weighted by Crippen LogP contribution is 2.24. The van der Waals surface area contributed by atoms with E-state index >= 15 is 0 Å². The van der Waals surface area contributed by atoms with Crippen LogP contribution in [0.3, 0.4) is 0 Å². The highest BCUT2D eigenvalue weighted by Gasteiger charge is 2.30. The van der Waals surface area contributed by atoms with Crippen molar-refractivity contribution in [2.75, 3.05) is 30.9 Å². The van der Waals surface area contributed by atoms with E-state index in [1.54, 1.807) is 34.9 Å². The lowest BCUT2D eigenvalue weighted by Crippen LogP contribution is -2.45. The van der Waals surface area contributed by atoms with E-state index in [0.717, 1.165) is 24.0 Å². The van der Waals surface area contributed by atoms with Crippen LogP contribution in [0.4, 0.5) is 5.69 Å². The van der Waals surface area contributed by atoms with Gasteiger partial charge in [-0.15, -0.1) is 24.8 Å². The third-order valence-corrected chi connectivity index (χ3v) is 6.84. The summed E-state index contributed by atoms with van der Waals surface area (Å²) in [6.45, 7) is 6.48. The number of nitrogens with zero attached hydrogens (tertiary/aromatic N) is 2. The number of pyridine rings is 1. The first kappa shape index (κ1) is 28.6. The summed E-state index contributed by atoms with van der Waals surface area (Å²) in [5.41, 5.74) is 2.46. The Labute approximate surface area is 204 Å². The Hall–Kier alpha value is -1.42. The SMILES string of the molecule is C[C@@H]1C[C@H](C)CN(S(=O)(=O)Nc2ccc(CCNC[C@H](O)c3cccnc3)cc2)C1.Cl.Cl. The Balaban J connectivity index is 0.00000256. The second-order valence-electron chi connectivity index (χ2n) is 8.32. The number of benzene rings is 1. The summed E-state index contributed by atoms with van der Waals surface area (Å²) in [7, 11) is -3.53. The van der Waals surface area contributed by atoms with Crippen molar-refractivity contribution in [1.82, 2.24) is 14.6 Å². The number of hydrogen-bond donors (Lipinski definition) is 3. The Kier molecular flexibility index (Phi) is 11.9. The molecule has 1 aromatic heterocycles. The zero-order valence-electron chi connectivity index (χ0n) is 18.5. The van der Waals surface area contributed by atoms with Gasteiger partial charge in [0.05, 0.1) is 6.10 Å². The molecule has 0 aliphatic carbocycles. The van der Waals surface area contributed by atoms with Crippen LogP contribution in [0.1, 0.15) is 37.5 Å². The van der Waals surface area contributed by atoms with Crippen LogP contribution in [0, 0.1) is 11.8 Å². The first-order chi connectivity index (χ1) is 14.3. The van der Waals surface area contributed by atoms with Gasteiger partial charge < -0.3 is 10.4 Å². The molecule has 10 heteroatoms. The van der Waals surface area contributed by atoms with Crippen molar-refractivity contribution in [3.05, 3.63) is 59.9 Å². The number of hydrogen-bond acceptors (Lipinski definition) is 5. The molecule has 7 nitrogen and oxygen atoms in total. The van der Waals surface area contributed by atoms with Crippen LogP contribution in [0.5, 0.6) is 0 Å². The second-order valence-corrected chi connectivity index (χ2v) is 9.99. The molecule has 0 bridgehead atoms. The van der Waals surface area contributed by atoms with Crippen molar-refractivity contribution in [3.63, 3.8) is 0 Å². The quantitative estimate of drug-likeness (QED) is 0.454. The molecule has 2 heterocycles. The lowest BCUT2D eigenvalue weighted by Gasteiger charge is -2.34. The number of nitrogens with one attached hydrogen (secondary N) is 2. The predicted octanol–water partition coefficient (Wildman–Crippen LogP) is 3.43. The summed E-state index contributed by atoms with van der Waals surface area (Å²) in [6, 6.07) is 11.1. The average Bonchev–Trinajstić information content (AvgIpc) is 2.72. The minimum absolute atomic E-state index is 0. The molecule has 0 unspecified atom stereocenters. The third kappa shape index (κ3) is 8.50. The summed E-state index contributed by atoms with van der Waals surface area (Å²) >= 11 is 0. The van der Waals surface area contributed by atoms with Crippen LogP contribution in [0.25, 0.3) is 0 Å². The maximum Gasteiger partial charge on any atom is 0.301 e. The van der Waals surface area contributed by atoms with Gasteiger partial charge in [-0.25, -0.2) is 0 Å². The molecule has 32 heavy (non-hydrogen) atoms. The molecule has 0 radical (unpaired) electrons. The van der Waals surface area contributed by atoms with Gasteiger partial charge in [0.25, 0.3) is 0 Å². The van der Waals surface area contributed by atoms with Gasteiger partial charge in [-0.2, -0.15) is 12.7 Å². The topological polar surface area (TPSA) is 94.6 Å². The highest BCUT2D eigenvalue weighted by atomic mass is 35.5. The van der Waals surface area contributed by atoms with Gasteiger partial charge in [0, 0.05) is 43.3 Å². The van der Waals surface area contributed by atoms with E-state index in [2.05, 4.69) is 28.9 Å². The van der Waals surface area contributed by atoms with Crippen LogP contribution in [-0.2, 0) is 16.6 Å². The maximum absolute atomic E-state index is 12.7. The maximum atomic E-state index is 12.7. The molecular formula is C22H34Cl2N4O3S. The molecule has 1 saturated heterocycles. The van der Waals surface area contributed by atoms with E-state index < -0.39 is 16.3 Å². The minimum atomic E-state index is -3.53. The van der Waals surface area contributed by atoms with E-state index in [-0.39, 0.29) is 24.8 Å². The number of rotatable bonds is 9. The predicted molar refractivity (Wildman–Crippen MR) is 134 cm³/mol. The monoisotopic (exact) mass is 504 g/mol. The molecule has 1 fully saturated rings. The Morgan fingerprint density at radius 3 is 2.38 bits per heavy atom. The van der Waals surface area contributed by atoms with E-state index in [9.17, 15) is 13.5 Å². The van der Waals surface area contributed by atoms with Crippen molar-refractivity contribution in [2.45, 2.75) is 32.8 Å². The number of aliphatic hydroxyl groups is 1. The van der Waals surface area contributed by atoms with E-state index in [0.29, 0.717) is 43.7 Å². The van der Waals surface area contributed by atoms with Crippen molar-refractivity contribution in [3.8, 4) is 0 Å². The molecule has 1 aliphatic rings. The fourth-order valence-corrected chi connectivity index (χ4v) is 5.38. The van der Waals surface area contributed by atoms with Gasteiger partial charge in [0.2, 0.25) is 0 Å². The fourth-order valence-electron chi connectivity index (χ4n) is 3.92. The van der Waals surface area contributed by atoms with Gasteiger partial charge in [0.1, 0.15) is 0 Å². The van der Waals surface area contributed by atoms with Crippen LogP contribution in [-0.4, -0.2) is 49.0 Å². The molecule has 180 valence electrons. The van der Waals surface area contributed by atoms with Crippen LogP contribution < -0.4 is 10.0 Å². The summed E-state index contributed by atoms with van der Waals surface area (Å²) in [4.78, 5) is 4.01. The van der Waals surface area contributed by atoms with Crippen molar-refractivity contribution >= 4 is 40.7 Å². The Bertz CT molecular complexity index is 891. The normalized spacial score (nSPS) is 20.0. The van der Waals surface area contributed by atoms with Gasteiger partial charge in [-0.05, 0) is 55.0 Å². The summed E-state index contributed by atoms with van der Waals surface area (Å²) < 4.78 is 29.7. The molecule has 0 spiro atoms.